The number of rotatable bonds is 5. The fourth-order valence-electron chi connectivity index (χ4n) is 3.00. The standard InChI is InChI=1S/C19H17Cl2N3O4/c1-19(12-5-3-4-6-13(12)21)17(26)24(18(27)23-19)10-16(25)22-14-9-11(20)7-8-15(14)28-2/h3-9H,10H2,1-2H3,(H,22,25)(H,23,27)/t19-/m1/s1. The van der Waals surface area contributed by atoms with Crippen LogP contribution in [0.2, 0.25) is 10.0 Å². The van der Waals surface area contributed by atoms with Crippen LogP contribution in [-0.2, 0) is 15.1 Å². The number of ether oxygens (including phenoxy) is 1. The van der Waals surface area contributed by atoms with Crippen LogP contribution in [0.5, 0.6) is 5.75 Å². The van der Waals surface area contributed by atoms with E-state index < -0.39 is 29.9 Å². The molecular formula is C19H17Cl2N3O4. The van der Waals surface area contributed by atoms with Crippen LogP contribution in [0.3, 0.4) is 0 Å². The molecule has 7 nitrogen and oxygen atoms in total. The van der Waals surface area contributed by atoms with Crippen molar-refractivity contribution in [3.8, 4) is 5.75 Å². The highest BCUT2D eigenvalue weighted by Crippen LogP contribution is 2.33. The molecule has 2 N–H and O–H groups in total. The molecule has 0 radical (unpaired) electrons. The third-order valence-corrected chi connectivity index (χ3v) is 4.99. The number of urea groups is 1. The van der Waals surface area contributed by atoms with E-state index in [1.54, 1.807) is 43.3 Å². The predicted molar refractivity (Wildman–Crippen MR) is 106 cm³/mol. The molecule has 1 heterocycles. The number of nitrogens with one attached hydrogen (secondary N) is 2. The van der Waals surface area contributed by atoms with Crippen molar-refractivity contribution in [2.45, 2.75) is 12.5 Å². The molecule has 146 valence electrons. The molecule has 1 fully saturated rings. The van der Waals surface area contributed by atoms with Crippen molar-refractivity contribution in [2.75, 3.05) is 19.0 Å². The maximum atomic E-state index is 12.9. The number of carbonyl (C=O) groups excluding carboxylic acids is 3. The van der Waals surface area contributed by atoms with Crippen LogP contribution in [0.1, 0.15) is 12.5 Å². The van der Waals surface area contributed by atoms with Gasteiger partial charge in [0, 0.05) is 15.6 Å². The fraction of sp³-hybridized carbons (Fsp3) is 0.211. The van der Waals surface area contributed by atoms with Gasteiger partial charge in [-0.15, -0.1) is 0 Å². The lowest BCUT2D eigenvalue weighted by Gasteiger charge is -2.23. The highest BCUT2D eigenvalue weighted by molar-refractivity contribution is 6.32. The molecule has 0 spiro atoms. The minimum atomic E-state index is -1.36. The number of hydrogen-bond donors (Lipinski definition) is 2. The number of carbonyl (C=O) groups is 3. The summed E-state index contributed by atoms with van der Waals surface area (Å²) in [6.45, 7) is 1.08. The van der Waals surface area contributed by atoms with Gasteiger partial charge in [0.15, 0.2) is 0 Å². The second-order valence-corrected chi connectivity index (χ2v) is 7.16. The van der Waals surface area contributed by atoms with Crippen LogP contribution in [0.4, 0.5) is 10.5 Å². The van der Waals surface area contributed by atoms with Crippen LogP contribution in [0, 0.1) is 0 Å². The first kappa shape index (κ1) is 20.0. The monoisotopic (exact) mass is 421 g/mol. The van der Waals surface area contributed by atoms with Crippen molar-refractivity contribution < 1.29 is 19.1 Å². The Bertz CT molecular complexity index is 966. The van der Waals surface area contributed by atoms with Gasteiger partial charge < -0.3 is 15.4 Å². The minimum Gasteiger partial charge on any atom is -0.495 e. The van der Waals surface area contributed by atoms with Crippen LogP contribution in [0.15, 0.2) is 42.5 Å². The number of hydrogen-bond acceptors (Lipinski definition) is 4. The van der Waals surface area contributed by atoms with E-state index in [2.05, 4.69) is 10.6 Å². The number of benzene rings is 2. The average Bonchev–Trinajstić information content (AvgIpc) is 2.86. The summed E-state index contributed by atoms with van der Waals surface area (Å²) in [5.74, 6) is -0.748. The fourth-order valence-corrected chi connectivity index (χ4v) is 3.50. The summed E-state index contributed by atoms with van der Waals surface area (Å²) in [5.41, 5.74) is -0.570. The summed E-state index contributed by atoms with van der Waals surface area (Å²) in [6.07, 6.45) is 0. The van der Waals surface area contributed by atoms with Gasteiger partial charge >= 0.3 is 6.03 Å². The Morgan fingerprint density at radius 1 is 1.21 bits per heavy atom. The first-order valence-electron chi connectivity index (χ1n) is 8.29. The molecule has 0 unspecified atom stereocenters. The van der Waals surface area contributed by atoms with E-state index >= 15 is 0 Å². The molecule has 4 amide bonds. The molecule has 1 saturated heterocycles. The summed E-state index contributed by atoms with van der Waals surface area (Å²) in [5, 5.41) is 5.96. The zero-order valence-electron chi connectivity index (χ0n) is 15.1. The van der Waals surface area contributed by atoms with E-state index in [-0.39, 0.29) is 0 Å². The lowest BCUT2D eigenvalue weighted by atomic mass is 9.92. The summed E-state index contributed by atoms with van der Waals surface area (Å²) in [4.78, 5) is 38.6. The number of imide groups is 1. The van der Waals surface area contributed by atoms with E-state index in [0.29, 0.717) is 27.0 Å². The lowest BCUT2D eigenvalue weighted by Crippen LogP contribution is -2.42. The Morgan fingerprint density at radius 3 is 2.61 bits per heavy atom. The molecule has 0 saturated carbocycles. The molecular weight excluding hydrogens is 405 g/mol. The Hall–Kier alpha value is -2.77. The van der Waals surface area contributed by atoms with Gasteiger partial charge in [0.25, 0.3) is 5.91 Å². The maximum absolute atomic E-state index is 12.9. The van der Waals surface area contributed by atoms with Crippen molar-refractivity contribution in [3.63, 3.8) is 0 Å². The third kappa shape index (κ3) is 3.63. The number of nitrogens with zero attached hydrogens (tertiary/aromatic N) is 1. The summed E-state index contributed by atoms with van der Waals surface area (Å²) in [6, 6.07) is 10.8. The second kappa shape index (κ2) is 7.69. The zero-order valence-corrected chi connectivity index (χ0v) is 16.6. The summed E-state index contributed by atoms with van der Waals surface area (Å²) < 4.78 is 5.17. The first-order chi connectivity index (χ1) is 13.3. The number of methoxy groups -OCH3 is 1. The molecule has 0 bridgehead atoms. The van der Waals surface area contributed by atoms with Crippen LogP contribution in [0.25, 0.3) is 0 Å². The van der Waals surface area contributed by atoms with Gasteiger partial charge in [0.1, 0.15) is 17.8 Å². The highest BCUT2D eigenvalue weighted by atomic mass is 35.5. The normalized spacial score (nSPS) is 18.8. The Balaban J connectivity index is 1.79. The van der Waals surface area contributed by atoms with E-state index in [1.807, 2.05) is 0 Å². The van der Waals surface area contributed by atoms with Gasteiger partial charge in [-0.1, -0.05) is 41.4 Å². The van der Waals surface area contributed by atoms with Crippen molar-refractivity contribution in [2.24, 2.45) is 0 Å². The average molecular weight is 422 g/mol. The molecule has 0 aromatic heterocycles. The highest BCUT2D eigenvalue weighted by Gasteiger charge is 2.50. The molecule has 2 aromatic carbocycles. The quantitative estimate of drug-likeness (QED) is 0.723. The van der Waals surface area contributed by atoms with Crippen LogP contribution in [-0.4, -0.2) is 36.4 Å². The Labute approximate surface area is 171 Å². The van der Waals surface area contributed by atoms with E-state index in [4.69, 9.17) is 27.9 Å². The third-order valence-electron chi connectivity index (χ3n) is 4.42. The molecule has 2 aromatic rings. The zero-order chi connectivity index (χ0) is 20.5. The predicted octanol–water partition coefficient (Wildman–Crippen LogP) is 3.41. The van der Waals surface area contributed by atoms with Gasteiger partial charge in [-0.2, -0.15) is 0 Å². The van der Waals surface area contributed by atoms with Crippen molar-refractivity contribution in [1.82, 2.24) is 10.2 Å². The summed E-state index contributed by atoms with van der Waals surface area (Å²) >= 11 is 12.1. The van der Waals surface area contributed by atoms with Crippen molar-refractivity contribution >= 4 is 46.7 Å². The Morgan fingerprint density at radius 2 is 1.93 bits per heavy atom. The van der Waals surface area contributed by atoms with Gasteiger partial charge in [0.05, 0.1) is 12.8 Å². The van der Waals surface area contributed by atoms with E-state index in [9.17, 15) is 14.4 Å². The molecule has 1 aliphatic rings. The minimum absolute atomic E-state index is 0.334. The van der Waals surface area contributed by atoms with Gasteiger partial charge in [-0.05, 0) is 31.2 Å². The number of anilines is 1. The molecule has 9 heteroatoms. The van der Waals surface area contributed by atoms with Crippen LogP contribution < -0.4 is 15.4 Å². The lowest BCUT2D eigenvalue weighted by molar-refractivity contribution is -0.133. The van der Waals surface area contributed by atoms with E-state index in [0.717, 1.165) is 4.90 Å². The van der Waals surface area contributed by atoms with Gasteiger partial charge in [-0.25, -0.2) is 4.79 Å². The van der Waals surface area contributed by atoms with Crippen molar-refractivity contribution in [1.29, 1.82) is 0 Å². The number of amides is 4. The number of halogens is 2. The molecule has 0 aliphatic carbocycles. The van der Waals surface area contributed by atoms with Gasteiger partial charge in [0.2, 0.25) is 5.91 Å². The molecule has 28 heavy (non-hydrogen) atoms. The smallest absolute Gasteiger partial charge is 0.325 e. The molecule has 1 atom stereocenters. The maximum Gasteiger partial charge on any atom is 0.325 e. The van der Waals surface area contributed by atoms with Crippen LogP contribution >= 0.6 is 23.2 Å². The van der Waals surface area contributed by atoms with E-state index in [1.165, 1.54) is 13.2 Å². The first-order valence-corrected chi connectivity index (χ1v) is 9.04. The topological polar surface area (TPSA) is 87.7 Å². The molecule has 1 aliphatic heterocycles. The SMILES string of the molecule is COc1ccc(Cl)cc1NC(=O)CN1C(=O)N[C@](C)(c2ccccc2Cl)C1=O. The van der Waals surface area contributed by atoms with Gasteiger partial charge in [-0.3, -0.25) is 14.5 Å². The Kier molecular flexibility index (Phi) is 5.49. The molecule has 3 rings (SSSR count). The summed E-state index contributed by atoms with van der Waals surface area (Å²) in [7, 11) is 1.45. The van der Waals surface area contributed by atoms with Crippen molar-refractivity contribution in [3.05, 3.63) is 58.1 Å². The second-order valence-electron chi connectivity index (χ2n) is 6.32. The largest absolute Gasteiger partial charge is 0.495 e.